The van der Waals surface area contributed by atoms with Crippen LogP contribution in [-0.4, -0.2) is 48.9 Å². The first-order valence-corrected chi connectivity index (χ1v) is 9.16. The van der Waals surface area contributed by atoms with Crippen LogP contribution in [0.4, 0.5) is 0 Å². The second-order valence-corrected chi connectivity index (χ2v) is 7.79. The first kappa shape index (κ1) is 18.4. The Hall–Kier alpha value is -0.910. The number of halogens is 1. The van der Waals surface area contributed by atoms with Gasteiger partial charge in [0.1, 0.15) is 5.54 Å². The van der Waals surface area contributed by atoms with Crippen LogP contribution in [0.5, 0.6) is 0 Å². The minimum Gasteiger partial charge on any atom is -0.340 e. The van der Waals surface area contributed by atoms with Gasteiger partial charge < -0.3 is 15.5 Å². The summed E-state index contributed by atoms with van der Waals surface area (Å²) >= 11 is 3.42. The Bertz CT molecular complexity index is 530. The van der Waals surface area contributed by atoms with Crippen molar-refractivity contribution in [1.29, 1.82) is 0 Å². The van der Waals surface area contributed by atoms with Gasteiger partial charge in [-0.1, -0.05) is 35.0 Å². The van der Waals surface area contributed by atoms with Crippen molar-refractivity contribution in [2.45, 2.75) is 32.2 Å². The summed E-state index contributed by atoms with van der Waals surface area (Å²) in [6.07, 6.45) is 2.23. The van der Waals surface area contributed by atoms with Crippen LogP contribution in [0.25, 0.3) is 0 Å². The molecule has 1 aliphatic heterocycles. The third-order valence-electron chi connectivity index (χ3n) is 4.64. The highest BCUT2D eigenvalue weighted by molar-refractivity contribution is 9.10. The van der Waals surface area contributed by atoms with E-state index >= 15 is 0 Å². The zero-order valence-corrected chi connectivity index (χ0v) is 16.0. The summed E-state index contributed by atoms with van der Waals surface area (Å²) in [5.74, 6) is 0.580. The number of amides is 1. The molecule has 0 aromatic heterocycles. The molecule has 1 aromatic rings. The van der Waals surface area contributed by atoms with E-state index < -0.39 is 5.54 Å². The van der Waals surface area contributed by atoms with E-state index in [2.05, 4.69) is 34.8 Å². The molecule has 0 aliphatic carbocycles. The van der Waals surface area contributed by atoms with Crippen molar-refractivity contribution in [2.75, 3.05) is 33.2 Å². The van der Waals surface area contributed by atoms with Crippen molar-refractivity contribution < 1.29 is 4.79 Å². The second-order valence-electron chi connectivity index (χ2n) is 6.88. The van der Waals surface area contributed by atoms with Crippen LogP contribution in [0, 0.1) is 5.92 Å². The number of carbonyl (C=O) groups excluding carboxylic acids is 1. The molecule has 1 heterocycles. The lowest BCUT2D eigenvalue weighted by atomic mass is 9.92. The fourth-order valence-corrected chi connectivity index (χ4v) is 3.59. The first-order valence-electron chi connectivity index (χ1n) is 8.37. The SMILES string of the molecule is CCCN(C)CC1CCN(C(=O)C(C)(N)c2ccc(Br)cc2)C1. The number of nitrogens with two attached hydrogens (primary N) is 1. The molecule has 2 unspecified atom stereocenters. The van der Waals surface area contributed by atoms with Crippen LogP contribution >= 0.6 is 15.9 Å². The fourth-order valence-electron chi connectivity index (χ4n) is 3.33. The molecule has 2 rings (SSSR count). The Morgan fingerprint density at radius 3 is 2.70 bits per heavy atom. The molecule has 1 aliphatic rings. The molecule has 1 amide bonds. The summed E-state index contributed by atoms with van der Waals surface area (Å²) in [6, 6.07) is 7.70. The zero-order chi connectivity index (χ0) is 17.0. The molecule has 23 heavy (non-hydrogen) atoms. The van der Waals surface area contributed by atoms with Gasteiger partial charge in [0.25, 0.3) is 0 Å². The van der Waals surface area contributed by atoms with Gasteiger partial charge in [-0.2, -0.15) is 0 Å². The van der Waals surface area contributed by atoms with E-state index in [0.717, 1.165) is 49.1 Å². The second kappa shape index (κ2) is 7.77. The van der Waals surface area contributed by atoms with Gasteiger partial charge in [-0.15, -0.1) is 0 Å². The van der Waals surface area contributed by atoms with Crippen molar-refractivity contribution >= 4 is 21.8 Å². The predicted octanol–water partition coefficient (Wildman–Crippen LogP) is 2.81. The van der Waals surface area contributed by atoms with Crippen molar-refractivity contribution in [3.05, 3.63) is 34.3 Å². The standard InChI is InChI=1S/C18H28BrN3O/c1-4-10-21(3)12-14-9-11-22(13-14)17(23)18(2,20)15-5-7-16(19)8-6-15/h5-8,14H,4,9-13,20H2,1-3H3. The van der Waals surface area contributed by atoms with Gasteiger partial charge in [-0.05, 0) is 57.0 Å². The average molecular weight is 382 g/mol. The van der Waals surface area contributed by atoms with Gasteiger partial charge in [0.05, 0.1) is 0 Å². The molecule has 1 fully saturated rings. The molecular weight excluding hydrogens is 354 g/mol. The summed E-state index contributed by atoms with van der Waals surface area (Å²) < 4.78 is 0.990. The van der Waals surface area contributed by atoms with Crippen LogP contribution in [0.15, 0.2) is 28.7 Å². The molecule has 2 atom stereocenters. The van der Waals surface area contributed by atoms with E-state index in [1.807, 2.05) is 36.1 Å². The Balaban J connectivity index is 1.99. The van der Waals surface area contributed by atoms with Crippen molar-refractivity contribution in [3.63, 3.8) is 0 Å². The van der Waals surface area contributed by atoms with Gasteiger partial charge in [0.15, 0.2) is 0 Å². The molecule has 5 heteroatoms. The fraction of sp³-hybridized carbons (Fsp3) is 0.611. The lowest BCUT2D eigenvalue weighted by Gasteiger charge is -2.30. The molecule has 128 valence electrons. The van der Waals surface area contributed by atoms with E-state index in [1.54, 1.807) is 0 Å². The van der Waals surface area contributed by atoms with Crippen LogP contribution in [0.3, 0.4) is 0 Å². The maximum atomic E-state index is 12.9. The Kier molecular flexibility index (Phi) is 6.23. The first-order chi connectivity index (χ1) is 10.8. The normalized spacial score (nSPS) is 20.8. The highest BCUT2D eigenvalue weighted by atomic mass is 79.9. The van der Waals surface area contributed by atoms with Crippen molar-refractivity contribution in [2.24, 2.45) is 11.7 Å². The van der Waals surface area contributed by atoms with Gasteiger partial charge >= 0.3 is 0 Å². The molecule has 1 saturated heterocycles. The predicted molar refractivity (Wildman–Crippen MR) is 98.2 cm³/mol. The van der Waals surface area contributed by atoms with Crippen molar-refractivity contribution in [3.8, 4) is 0 Å². The molecule has 0 saturated carbocycles. The molecule has 0 spiro atoms. The van der Waals surface area contributed by atoms with Crippen LogP contribution in [0.1, 0.15) is 32.3 Å². The summed E-state index contributed by atoms with van der Waals surface area (Å²) in [4.78, 5) is 17.2. The molecule has 2 N–H and O–H groups in total. The topological polar surface area (TPSA) is 49.6 Å². The van der Waals surface area contributed by atoms with E-state index in [0.29, 0.717) is 5.92 Å². The molecular formula is C18H28BrN3O. The molecule has 4 nitrogen and oxygen atoms in total. The largest absolute Gasteiger partial charge is 0.340 e. The van der Waals surface area contributed by atoms with Crippen LogP contribution < -0.4 is 5.73 Å². The highest BCUT2D eigenvalue weighted by Crippen LogP contribution is 2.26. The summed E-state index contributed by atoms with van der Waals surface area (Å²) in [5.41, 5.74) is 6.28. The molecule has 1 aromatic carbocycles. The lowest BCUT2D eigenvalue weighted by Crippen LogP contribution is -2.50. The zero-order valence-electron chi connectivity index (χ0n) is 14.4. The monoisotopic (exact) mass is 381 g/mol. The Labute approximate surface area is 148 Å². The average Bonchev–Trinajstić information content (AvgIpc) is 2.95. The van der Waals surface area contributed by atoms with Crippen LogP contribution in [-0.2, 0) is 10.3 Å². The Morgan fingerprint density at radius 2 is 2.09 bits per heavy atom. The quantitative estimate of drug-likeness (QED) is 0.823. The third kappa shape index (κ3) is 4.55. The number of rotatable bonds is 6. The van der Waals surface area contributed by atoms with Gasteiger partial charge in [0.2, 0.25) is 5.91 Å². The van der Waals surface area contributed by atoms with E-state index in [1.165, 1.54) is 0 Å². The van der Waals surface area contributed by atoms with Crippen molar-refractivity contribution in [1.82, 2.24) is 9.80 Å². The number of nitrogens with zero attached hydrogens (tertiary/aromatic N) is 2. The number of hydrogen-bond acceptors (Lipinski definition) is 3. The van der Waals surface area contributed by atoms with Crippen LogP contribution in [0.2, 0.25) is 0 Å². The van der Waals surface area contributed by atoms with Gasteiger partial charge in [-0.25, -0.2) is 0 Å². The summed E-state index contributed by atoms with van der Waals surface area (Å²) in [7, 11) is 2.16. The maximum Gasteiger partial charge on any atom is 0.246 e. The van der Waals surface area contributed by atoms with E-state index in [-0.39, 0.29) is 5.91 Å². The number of hydrogen-bond donors (Lipinski definition) is 1. The number of benzene rings is 1. The smallest absolute Gasteiger partial charge is 0.246 e. The minimum atomic E-state index is -0.967. The number of likely N-dealkylation sites (tertiary alicyclic amines) is 1. The lowest BCUT2D eigenvalue weighted by molar-refractivity contribution is -0.135. The number of carbonyl (C=O) groups is 1. The van der Waals surface area contributed by atoms with E-state index in [9.17, 15) is 4.79 Å². The third-order valence-corrected chi connectivity index (χ3v) is 5.17. The molecule has 0 bridgehead atoms. The summed E-state index contributed by atoms with van der Waals surface area (Å²) in [5, 5.41) is 0. The maximum absolute atomic E-state index is 12.9. The highest BCUT2D eigenvalue weighted by Gasteiger charge is 2.37. The Morgan fingerprint density at radius 1 is 1.43 bits per heavy atom. The van der Waals surface area contributed by atoms with Gasteiger partial charge in [0, 0.05) is 24.1 Å². The van der Waals surface area contributed by atoms with Gasteiger partial charge in [-0.3, -0.25) is 4.79 Å². The summed E-state index contributed by atoms with van der Waals surface area (Å²) in [6.45, 7) is 7.80. The minimum absolute atomic E-state index is 0.0282. The molecule has 0 radical (unpaired) electrons. The van der Waals surface area contributed by atoms with E-state index in [4.69, 9.17) is 5.73 Å².